The number of hydrogen-bond donors (Lipinski definition) is 4. The molecule has 6 aliphatic rings. The third-order valence-corrected chi connectivity index (χ3v) is 13.4. The average Bonchev–Trinajstić information content (AvgIpc) is 3.02. The fourth-order valence-corrected chi connectivity index (χ4v) is 10.8. The quantitative estimate of drug-likeness (QED) is 0.272. The Morgan fingerprint density at radius 1 is 1.13 bits per heavy atom. The number of nitrogens with zero attached hydrogens (tertiary/aromatic N) is 3. The van der Waals surface area contributed by atoms with Crippen LogP contribution >= 0.6 is 23.4 Å². The van der Waals surface area contributed by atoms with Crippen LogP contribution in [0.5, 0.6) is 0 Å². The summed E-state index contributed by atoms with van der Waals surface area (Å²) in [5, 5.41) is 14.8. The van der Waals surface area contributed by atoms with Gasteiger partial charge in [0.25, 0.3) is 0 Å². The molecular formula is C33H55ClFN7O2S. The van der Waals surface area contributed by atoms with Crippen LogP contribution in [-0.4, -0.2) is 125 Å². The van der Waals surface area contributed by atoms with E-state index in [-0.39, 0.29) is 59.6 Å². The molecule has 12 heteroatoms. The molecule has 5 saturated heterocycles. The molecule has 0 aromatic rings. The Bertz CT molecular complexity index is 1070. The lowest BCUT2D eigenvalue weighted by atomic mass is 9.73. The zero-order chi connectivity index (χ0) is 31.8. The average molecular weight is 668 g/mol. The number of thioether (sulfide) groups is 1. The third kappa shape index (κ3) is 7.05. The number of nitrogens with one attached hydrogen (secondary N) is 4. The van der Waals surface area contributed by atoms with Crippen LogP contribution in [0, 0.1) is 23.7 Å². The third-order valence-electron chi connectivity index (χ3n) is 11.6. The Balaban J connectivity index is 1.34. The maximum Gasteiger partial charge on any atom is 0.320 e. The Labute approximate surface area is 278 Å². The van der Waals surface area contributed by atoms with Crippen LogP contribution in [-0.2, 0) is 4.79 Å². The number of alkyl halides is 2. The fraction of sp³-hybridized carbons (Fsp3) is 0.879. The second-order valence-corrected chi connectivity index (χ2v) is 16.6. The summed E-state index contributed by atoms with van der Waals surface area (Å²) in [6.45, 7) is 13.9. The van der Waals surface area contributed by atoms with Gasteiger partial charge >= 0.3 is 6.03 Å². The number of piperidine rings is 2. The molecule has 5 aliphatic heterocycles. The summed E-state index contributed by atoms with van der Waals surface area (Å²) >= 11 is 9.05. The van der Waals surface area contributed by atoms with Crippen molar-refractivity contribution in [2.75, 3.05) is 44.2 Å². The molecule has 0 aromatic heterocycles. The van der Waals surface area contributed by atoms with Crippen molar-refractivity contribution in [1.82, 2.24) is 36.0 Å². The minimum atomic E-state index is -1.07. The molecule has 3 amide bonds. The van der Waals surface area contributed by atoms with Gasteiger partial charge in [0.15, 0.2) is 0 Å². The van der Waals surface area contributed by atoms with E-state index in [9.17, 15) is 9.59 Å². The highest BCUT2D eigenvalue weighted by molar-refractivity contribution is 7.99. The van der Waals surface area contributed by atoms with E-state index in [4.69, 9.17) is 11.6 Å². The smallest absolute Gasteiger partial charge is 0.320 e. The van der Waals surface area contributed by atoms with E-state index in [0.29, 0.717) is 43.9 Å². The zero-order valence-electron chi connectivity index (χ0n) is 27.3. The first-order valence-corrected chi connectivity index (χ1v) is 19.1. The lowest BCUT2D eigenvalue weighted by Gasteiger charge is -2.59. The number of fused-ring (bicyclic) bond motifs is 7. The van der Waals surface area contributed by atoms with Crippen molar-refractivity contribution >= 4 is 35.3 Å². The van der Waals surface area contributed by atoms with E-state index in [0.717, 1.165) is 56.7 Å². The van der Waals surface area contributed by atoms with Crippen LogP contribution in [0.4, 0.5) is 9.18 Å². The maximum atomic E-state index is 16.6. The molecule has 5 heterocycles. The molecule has 0 radical (unpaired) electrons. The summed E-state index contributed by atoms with van der Waals surface area (Å²) in [6.07, 6.45) is 4.86. The van der Waals surface area contributed by atoms with Crippen LogP contribution in [0.15, 0.2) is 12.7 Å². The van der Waals surface area contributed by atoms with Gasteiger partial charge in [-0.2, -0.15) is 11.8 Å². The first-order valence-electron chi connectivity index (χ1n) is 17.5. The summed E-state index contributed by atoms with van der Waals surface area (Å²) < 4.78 is 16.6. The number of urea groups is 1. The van der Waals surface area contributed by atoms with E-state index < -0.39 is 12.2 Å². The first kappa shape index (κ1) is 33.8. The lowest BCUT2D eigenvalue weighted by Crippen LogP contribution is -2.79. The highest BCUT2D eigenvalue weighted by Crippen LogP contribution is 2.42. The van der Waals surface area contributed by atoms with Crippen molar-refractivity contribution in [2.45, 2.75) is 113 Å². The van der Waals surface area contributed by atoms with Gasteiger partial charge in [-0.05, 0) is 93.9 Å². The molecule has 6 fully saturated rings. The highest BCUT2D eigenvalue weighted by Gasteiger charge is 2.56. The topological polar surface area (TPSA) is 92.0 Å². The fourth-order valence-electron chi connectivity index (χ4n) is 9.33. The summed E-state index contributed by atoms with van der Waals surface area (Å²) in [6, 6.07) is 0.0479. The number of halogens is 2. The summed E-state index contributed by atoms with van der Waals surface area (Å²) in [7, 11) is 0. The van der Waals surface area contributed by atoms with Crippen molar-refractivity contribution in [3.05, 3.63) is 12.7 Å². The van der Waals surface area contributed by atoms with Crippen molar-refractivity contribution in [3.63, 3.8) is 0 Å². The van der Waals surface area contributed by atoms with Crippen LogP contribution in [0.3, 0.4) is 0 Å². The zero-order valence-corrected chi connectivity index (χ0v) is 28.9. The number of carbonyl (C=O) groups excluding carboxylic acids is 2. The summed E-state index contributed by atoms with van der Waals surface area (Å²) in [5.74, 6) is 2.78. The van der Waals surface area contributed by atoms with E-state index in [2.05, 4.69) is 58.4 Å². The van der Waals surface area contributed by atoms with Gasteiger partial charge in [0, 0.05) is 55.1 Å². The van der Waals surface area contributed by atoms with E-state index in [1.165, 1.54) is 6.08 Å². The number of hydrogen-bond acceptors (Lipinski definition) is 7. The van der Waals surface area contributed by atoms with Gasteiger partial charge in [-0.1, -0.05) is 20.4 Å². The monoisotopic (exact) mass is 667 g/mol. The van der Waals surface area contributed by atoms with Gasteiger partial charge in [-0.3, -0.25) is 15.0 Å². The standard InChI is InChI=1S/C33H55ClFN7O2S/c1-5-28(43)40-10-11-41(20(4)17-40)31-24-15-26(35)30-23-14-22(7-8-25(23)34)36-9-6-12-45-18-21-13-27(29(19(2)3)37-16-21)42(32(24)38-30)33(44)39-31/h5,19-27,29-32,36-38H,1,6-18H2,2-4H3,(H,39,44)/t20-,21?,22?,23?,24?,25?,26?,27?,29?,30?,31?,32?/m0/s1. The predicted octanol–water partition coefficient (Wildman–Crippen LogP) is 3.20. The predicted molar refractivity (Wildman–Crippen MR) is 180 cm³/mol. The number of carbonyl (C=O) groups is 2. The first-order chi connectivity index (χ1) is 21.7. The molecule has 254 valence electrons. The maximum absolute atomic E-state index is 16.6. The Hall–Kier alpha value is -1.11. The molecule has 6 rings (SSSR count). The van der Waals surface area contributed by atoms with Crippen LogP contribution in [0.25, 0.3) is 0 Å². The Morgan fingerprint density at radius 2 is 1.96 bits per heavy atom. The largest absolute Gasteiger partial charge is 0.336 e. The van der Waals surface area contributed by atoms with Gasteiger partial charge in [-0.15, -0.1) is 11.6 Å². The highest BCUT2D eigenvalue weighted by atomic mass is 35.5. The van der Waals surface area contributed by atoms with Gasteiger partial charge in [0.2, 0.25) is 5.91 Å². The van der Waals surface area contributed by atoms with E-state index in [1.807, 2.05) is 16.7 Å². The molecular weight excluding hydrogens is 613 g/mol. The van der Waals surface area contributed by atoms with Crippen molar-refractivity contribution in [2.24, 2.45) is 23.7 Å². The van der Waals surface area contributed by atoms with E-state index in [1.54, 1.807) is 0 Å². The van der Waals surface area contributed by atoms with Gasteiger partial charge in [0.05, 0.1) is 18.4 Å². The normalized spacial score (nSPS) is 43.5. The van der Waals surface area contributed by atoms with Crippen LogP contribution in [0.1, 0.15) is 59.3 Å². The second-order valence-electron chi connectivity index (χ2n) is 14.8. The van der Waals surface area contributed by atoms with Crippen molar-refractivity contribution in [1.29, 1.82) is 0 Å². The number of rotatable bonds is 3. The van der Waals surface area contributed by atoms with Crippen LogP contribution < -0.4 is 21.3 Å². The molecule has 9 nitrogen and oxygen atoms in total. The number of amides is 3. The molecule has 45 heavy (non-hydrogen) atoms. The Morgan fingerprint density at radius 3 is 2.71 bits per heavy atom. The van der Waals surface area contributed by atoms with Gasteiger partial charge in [-0.25, -0.2) is 9.18 Å². The SMILES string of the molecule is C=CC(=O)N1CCN(C2NC(=O)N3C4CC(CNC4C(C)C)CSCCCNC4CCC(Cl)C(C4)C4NC3C2CC4F)[C@@H](C)C1. The Kier molecular flexibility index (Phi) is 10.9. The minimum absolute atomic E-state index is 0.00192. The van der Waals surface area contributed by atoms with Gasteiger partial charge in [0.1, 0.15) is 6.17 Å². The molecule has 0 aromatic carbocycles. The second kappa shape index (κ2) is 14.6. The summed E-state index contributed by atoms with van der Waals surface area (Å²) in [4.78, 5) is 33.1. The summed E-state index contributed by atoms with van der Waals surface area (Å²) in [5.41, 5.74) is 0. The van der Waals surface area contributed by atoms with Gasteiger partial charge < -0.3 is 25.8 Å². The van der Waals surface area contributed by atoms with Crippen molar-refractivity contribution in [3.8, 4) is 0 Å². The molecule has 0 spiro atoms. The molecule has 4 N–H and O–H groups in total. The van der Waals surface area contributed by atoms with E-state index >= 15 is 4.39 Å². The molecule has 1 aliphatic carbocycles. The molecule has 6 bridgehead atoms. The molecule has 11 unspecified atom stereocenters. The van der Waals surface area contributed by atoms with Crippen LogP contribution in [0.2, 0.25) is 0 Å². The minimum Gasteiger partial charge on any atom is -0.336 e. The number of piperazine rings is 1. The molecule has 12 atom stereocenters. The lowest BCUT2D eigenvalue weighted by molar-refractivity contribution is -0.131. The molecule has 1 saturated carbocycles. The van der Waals surface area contributed by atoms with Crippen molar-refractivity contribution < 1.29 is 14.0 Å².